The van der Waals surface area contributed by atoms with Crippen LogP contribution in [0.25, 0.3) is 11.1 Å². The van der Waals surface area contributed by atoms with Crippen molar-refractivity contribution in [2.75, 3.05) is 20.2 Å². The van der Waals surface area contributed by atoms with Gasteiger partial charge in [-0.05, 0) is 68.7 Å². The van der Waals surface area contributed by atoms with Gasteiger partial charge < -0.3 is 14.1 Å². The average molecular weight is 424 g/mol. The zero-order chi connectivity index (χ0) is 22.0. The lowest BCUT2D eigenvalue weighted by Gasteiger charge is -2.32. The number of aromatic nitrogens is 2. The monoisotopic (exact) mass is 423 g/mol. The van der Waals surface area contributed by atoms with E-state index in [1.807, 2.05) is 30.9 Å². The van der Waals surface area contributed by atoms with E-state index in [-0.39, 0.29) is 12.3 Å². The fourth-order valence-corrected chi connectivity index (χ4v) is 4.48. The molecule has 0 radical (unpaired) electrons. The second-order valence-corrected chi connectivity index (χ2v) is 8.41. The Labute approximate surface area is 181 Å². The molecular formula is C24H29N3O4. The summed E-state index contributed by atoms with van der Waals surface area (Å²) in [5.74, 6) is 1.48. The molecule has 1 saturated heterocycles. The number of piperidine rings is 1. The molecule has 1 aliphatic rings. The van der Waals surface area contributed by atoms with Crippen molar-refractivity contribution in [1.29, 1.82) is 0 Å². The molecule has 31 heavy (non-hydrogen) atoms. The molecule has 1 N–H and O–H groups in total. The third kappa shape index (κ3) is 4.50. The highest BCUT2D eigenvalue weighted by Gasteiger charge is 2.25. The van der Waals surface area contributed by atoms with Crippen molar-refractivity contribution in [3.05, 3.63) is 57.1 Å². The second-order valence-electron chi connectivity index (χ2n) is 8.41. The summed E-state index contributed by atoms with van der Waals surface area (Å²) < 4.78 is 10.5. The van der Waals surface area contributed by atoms with Gasteiger partial charge in [-0.15, -0.1) is 5.10 Å². The van der Waals surface area contributed by atoms with E-state index in [0.29, 0.717) is 17.2 Å². The lowest BCUT2D eigenvalue weighted by atomic mass is 9.90. The number of aryl methyl sites for hydroxylation is 3. The highest BCUT2D eigenvalue weighted by atomic mass is 16.5. The van der Waals surface area contributed by atoms with Crippen LogP contribution in [0.1, 0.15) is 41.6 Å². The van der Waals surface area contributed by atoms with Crippen LogP contribution in [0.15, 0.2) is 33.5 Å². The number of H-pyrrole nitrogens is 1. The fourth-order valence-electron chi connectivity index (χ4n) is 4.48. The Bertz CT molecular complexity index is 1120. The first-order chi connectivity index (χ1) is 15.0. The molecular weight excluding hydrogens is 394 g/mol. The Morgan fingerprint density at radius 3 is 2.61 bits per heavy atom. The van der Waals surface area contributed by atoms with Gasteiger partial charge in [-0.1, -0.05) is 12.1 Å². The maximum absolute atomic E-state index is 12.9. The van der Waals surface area contributed by atoms with E-state index in [4.69, 9.17) is 9.15 Å². The standard InChI is InChI=1S/C24H29N3O4/c1-15-20(24(29)31-23-22(15)16(2)25-26-23)14-21(28)27-12-10-18(11-13-27)5-4-17-6-8-19(30-3)9-7-17/h6-9,18H,4-5,10-14H2,1-3H3,(H,25,26). The number of carbonyl (C=O) groups is 1. The molecule has 0 atom stereocenters. The van der Waals surface area contributed by atoms with Crippen LogP contribution in [0.5, 0.6) is 5.75 Å². The summed E-state index contributed by atoms with van der Waals surface area (Å²) in [6, 6.07) is 8.23. The summed E-state index contributed by atoms with van der Waals surface area (Å²) in [4.78, 5) is 27.2. The maximum Gasteiger partial charge on any atom is 0.341 e. The number of methoxy groups -OCH3 is 1. The van der Waals surface area contributed by atoms with Crippen molar-refractivity contribution >= 4 is 17.0 Å². The third-order valence-corrected chi connectivity index (χ3v) is 6.47. The molecule has 2 aromatic heterocycles. The van der Waals surface area contributed by atoms with Crippen LogP contribution in [0.4, 0.5) is 0 Å². The number of hydrogen-bond donors (Lipinski definition) is 1. The van der Waals surface area contributed by atoms with Crippen molar-refractivity contribution in [2.24, 2.45) is 5.92 Å². The minimum absolute atomic E-state index is 0.00972. The van der Waals surface area contributed by atoms with E-state index in [1.165, 1.54) is 5.56 Å². The fraction of sp³-hybridized carbons (Fsp3) is 0.458. The van der Waals surface area contributed by atoms with Gasteiger partial charge in [-0.25, -0.2) is 4.79 Å². The number of nitrogens with one attached hydrogen (secondary N) is 1. The van der Waals surface area contributed by atoms with Crippen LogP contribution >= 0.6 is 0 Å². The van der Waals surface area contributed by atoms with Crippen LogP contribution in [0, 0.1) is 19.8 Å². The number of carbonyl (C=O) groups excluding carboxylic acids is 1. The molecule has 0 bridgehead atoms. The molecule has 1 aliphatic heterocycles. The van der Waals surface area contributed by atoms with Gasteiger partial charge in [0.05, 0.1) is 24.5 Å². The Hall–Kier alpha value is -3.09. The van der Waals surface area contributed by atoms with Crippen molar-refractivity contribution in [3.63, 3.8) is 0 Å². The van der Waals surface area contributed by atoms with E-state index in [1.54, 1.807) is 7.11 Å². The molecule has 7 heteroatoms. The Kier molecular flexibility index (Phi) is 6.11. The van der Waals surface area contributed by atoms with Gasteiger partial charge >= 0.3 is 5.63 Å². The van der Waals surface area contributed by atoms with Gasteiger partial charge in [0.1, 0.15) is 5.75 Å². The SMILES string of the molecule is COc1ccc(CCC2CCN(C(=O)Cc3c(C)c4c(C)[nH]nc4oc3=O)CC2)cc1. The maximum atomic E-state index is 12.9. The van der Waals surface area contributed by atoms with Gasteiger partial charge in [0.2, 0.25) is 11.6 Å². The molecule has 0 aliphatic carbocycles. The molecule has 3 aromatic rings. The normalized spacial score (nSPS) is 14.9. The van der Waals surface area contributed by atoms with E-state index >= 15 is 0 Å². The predicted molar refractivity (Wildman–Crippen MR) is 118 cm³/mol. The number of hydrogen-bond acceptors (Lipinski definition) is 5. The quantitative estimate of drug-likeness (QED) is 0.655. The highest BCUT2D eigenvalue weighted by Crippen LogP contribution is 2.25. The number of nitrogens with zero attached hydrogens (tertiary/aromatic N) is 2. The first-order valence-corrected chi connectivity index (χ1v) is 10.8. The minimum Gasteiger partial charge on any atom is -0.497 e. The molecule has 164 valence electrons. The molecule has 7 nitrogen and oxygen atoms in total. The average Bonchev–Trinajstić information content (AvgIpc) is 3.16. The molecule has 0 saturated carbocycles. The van der Waals surface area contributed by atoms with E-state index < -0.39 is 5.63 Å². The number of rotatable bonds is 6. The van der Waals surface area contributed by atoms with Gasteiger partial charge in [-0.3, -0.25) is 9.89 Å². The summed E-state index contributed by atoms with van der Waals surface area (Å²) in [6.45, 7) is 5.22. The Morgan fingerprint density at radius 1 is 1.23 bits per heavy atom. The summed E-state index contributed by atoms with van der Waals surface area (Å²) in [5, 5.41) is 7.64. The lowest BCUT2D eigenvalue weighted by Crippen LogP contribution is -2.40. The number of benzene rings is 1. The second kappa shape index (κ2) is 8.96. The summed E-state index contributed by atoms with van der Waals surface area (Å²) >= 11 is 0. The summed E-state index contributed by atoms with van der Waals surface area (Å²) in [6.07, 6.45) is 4.22. The number of amides is 1. The van der Waals surface area contributed by atoms with E-state index in [2.05, 4.69) is 22.3 Å². The molecule has 4 rings (SSSR count). The number of likely N-dealkylation sites (tertiary alicyclic amines) is 1. The molecule has 0 spiro atoms. The smallest absolute Gasteiger partial charge is 0.341 e. The van der Waals surface area contributed by atoms with Gasteiger partial charge in [0.25, 0.3) is 0 Å². The summed E-state index contributed by atoms with van der Waals surface area (Å²) in [7, 11) is 1.68. The molecule has 1 amide bonds. The minimum atomic E-state index is -0.473. The van der Waals surface area contributed by atoms with Crippen molar-refractivity contribution in [2.45, 2.75) is 46.0 Å². The highest BCUT2D eigenvalue weighted by molar-refractivity contribution is 5.84. The molecule has 1 aromatic carbocycles. The molecule has 1 fully saturated rings. The van der Waals surface area contributed by atoms with Crippen LogP contribution in [-0.2, 0) is 17.6 Å². The van der Waals surface area contributed by atoms with Gasteiger partial charge in [0.15, 0.2) is 0 Å². The van der Waals surface area contributed by atoms with Crippen LogP contribution < -0.4 is 10.4 Å². The van der Waals surface area contributed by atoms with E-state index in [9.17, 15) is 9.59 Å². The first kappa shape index (κ1) is 21.2. The predicted octanol–water partition coefficient (Wildman–Crippen LogP) is 3.56. The number of fused-ring (bicyclic) bond motifs is 1. The Morgan fingerprint density at radius 2 is 1.94 bits per heavy atom. The molecule has 0 unspecified atom stereocenters. The zero-order valence-corrected chi connectivity index (χ0v) is 18.4. The van der Waals surface area contributed by atoms with Crippen molar-refractivity contribution in [3.8, 4) is 5.75 Å². The topological polar surface area (TPSA) is 88.4 Å². The van der Waals surface area contributed by atoms with Gasteiger partial charge in [0, 0.05) is 18.8 Å². The third-order valence-electron chi connectivity index (χ3n) is 6.47. The number of aromatic amines is 1. The Balaban J connectivity index is 1.33. The van der Waals surface area contributed by atoms with Crippen molar-refractivity contribution < 1.29 is 13.9 Å². The number of ether oxygens (including phenoxy) is 1. The van der Waals surface area contributed by atoms with Crippen LogP contribution in [0.3, 0.4) is 0 Å². The first-order valence-electron chi connectivity index (χ1n) is 10.8. The largest absolute Gasteiger partial charge is 0.497 e. The zero-order valence-electron chi connectivity index (χ0n) is 18.4. The summed E-state index contributed by atoms with van der Waals surface area (Å²) in [5.41, 5.74) is 3.19. The van der Waals surface area contributed by atoms with E-state index in [0.717, 1.165) is 61.2 Å². The lowest BCUT2D eigenvalue weighted by molar-refractivity contribution is -0.131. The molecule has 3 heterocycles. The van der Waals surface area contributed by atoms with Crippen LogP contribution in [-0.4, -0.2) is 41.2 Å². The van der Waals surface area contributed by atoms with Gasteiger partial charge in [-0.2, -0.15) is 0 Å². The van der Waals surface area contributed by atoms with Crippen molar-refractivity contribution in [1.82, 2.24) is 15.1 Å². The van der Waals surface area contributed by atoms with Crippen LogP contribution in [0.2, 0.25) is 0 Å².